The summed E-state index contributed by atoms with van der Waals surface area (Å²) in [5, 5.41) is 10.6. The molecule has 0 amide bonds. The van der Waals surface area contributed by atoms with Gasteiger partial charge in [-0.2, -0.15) is 5.10 Å². The van der Waals surface area contributed by atoms with E-state index < -0.39 is 0 Å². The highest BCUT2D eigenvalue weighted by Crippen LogP contribution is 2.20. The number of nitrogens with one attached hydrogen (secondary N) is 2. The summed E-state index contributed by atoms with van der Waals surface area (Å²) in [5.74, 6) is 0.918. The number of nitrogens with zero attached hydrogens (tertiary/aromatic N) is 1. The minimum Gasteiger partial charge on any atom is -0.369 e. The number of hydrogen-bond acceptors (Lipinski definition) is 2. The van der Waals surface area contributed by atoms with Gasteiger partial charge in [0.2, 0.25) is 0 Å². The maximum atomic E-state index is 4.24. The molecular formula is C14H19N3. The van der Waals surface area contributed by atoms with Gasteiger partial charge in [-0.3, -0.25) is 5.10 Å². The summed E-state index contributed by atoms with van der Waals surface area (Å²) in [6, 6.07) is 10.6. The molecule has 0 spiro atoms. The van der Waals surface area contributed by atoms with E-state index in [1.54, 1.807) is 0 Å². The lowest BCUT2D eigenvalue weighted by Crippen LogP contribution is -1.99. The highest BCUT2D eigenvalue weighted by Gasteiger charge is 2.02. The predicted molar refractivity (Wildman–Crippen MR) is 72.2 cm³/mol. The SMILES string of the molecule is CCCNc1cc(-c2ccc(CC)cc2)[nH]n1. The van der Waals surface area contributed by atoms with E-state index in [1.165, 1.54) is 11.1 Å². The number of benzene rings is 1. The number of aryl methyl sites for hydroxylation is 1. The van der Waals surface area contributed by atoms with Crippen LogP contribution in [0.25, 0.3) is 11.3 Å². The van der Waals surface area contributed by atoms with Crippen molar-refractivity contribution >= 4 is 5.82 Å². The van der Waals surface area contributed by atoms with Crippen molar-refractivity contribution in [3.8, 4) is 11.3 Å². The van der Waals surface area contributed by atoms with Crippen LogP contribution < -0.4 is 5.32 Å². The molecule has 0 aliphatic heterocycles. The van der Waals surface area contributed by atoms with Crippen LogP contribution in [0.3, 0.4) is 0 Å². The van der Waals surface area contributed by atoms with E-state index in [2.05, 4.69) is 59.7 Å². The predicted octanol–water partition coefficient (Wildman–Crippen LogP) is 3.46. The molecule has 0 unspecified atom stereocenters. The van der Waals surface area contributed by atoms with Crippen LogP contribution in [0.4, 0.5) is 5.82 Å². The molecule has 0 aliphatic carbocycles. The van der Waals surface area contributed by atoms with Crippen LogP contribution in [0, 0.1) is 0 Å². The molecule has 0 bridgehead atoms. The lowest BCUT2D eigenvalue weighted by Gasteiger charge is -1.99. The second-order valence-electron chi connectivity index (χ2n) is 4.14. The lowest BCUT2D eigenvalue weighted by atomic mass is 10.1. The van der Waals surface area contributed by atoms with Gasteiger partial charge in [-0.25, -0.2) is 0 Å². The van der Waals surface area contributed by atoms with E-state index in [0.29, 0.717) is 0 Å². The third-order valence-corrected chi connectivity index (χ3v) is 2.81. The maximum Gasteiger partial charge on any atom is 0.148 e. The third kappa shape index (κ3) is 2.87. The van der Waals surface area contributed by atoms with Crippen LogP contribution in [-0.2, 0) is 6.42 Å². The molecule has 0 atom stereocenters. The molecule has 0 fully saturated rings. The first-order chi connectivity index (χ1) is 8.33. The second kappa shape index (κ2) is 5.53. The Hall–Kier alpha value is -1.77. The summed E-state index contributed by atoms with van der Waals surface area (Å²) < 4.78 is 0. The van der Waals surface area contributed by atoms with Gasteiger partial charge in [0.25, 0.3) is 0 Å². The average Bonchev–Trinajstić information content (AvgIpc) is 2.85. The van der Waals surface area contributed by atoms with E-state index in [0.717, 1.165) is 30.9 Å². The van der Waals surface area contributed by atoms with Gasteiger partial charge in [-0.15, -0.1) is 0 Å². The van der Waals surface area contributed by atoms with Crippen molar-refractivity contribution in [2.75, 3.05) is 11.9 Å². The zero-order chi connectivity index (χ0) is 12.1. The van der Waals surface area contributed by atoms with Crippen LogP contribution in [0.15, 0.2) is 30.3 Å². The van der Waals surface area contributed by atoms with Gasteiger partial charge < -0.3 is 5.32 Å². The van der Waals surface area contributed by atoms with Crippen LogP contribution in [-0.4, -0.2) is 16.7 Å². The van der Waals surface area contributed by atoms with E-state index >= 15 is 0 Å². The van der Waals surface area contributed by atoms with Crippen molar-refractivity contribution in [3.63, 3.8) is 0 Å². The lowest BCUT2D eigenvalue weighted by molar-refractivity contribution is 0.961. The van der Waals surface area contributed by atoms with Crippen molar-refractivity contribution < 1.29 is 0 Å². The van der Waals surface area contributed by atoms with Gasteiger partial charge in [0.05, 0.1) is 5.69 Å². The first kappa shape index (κ1) is 11.7. The molecule has 0 aliphatic rings. The van der Waals surface area contributed by atoms with Crippen molar-refractivity contribution in [3.05, 3.63) is 35.9 Å². The maximum absolute atomic E-state index is 4.24. The Morgan fingerprint density at radius 2 is 1.94 bits per heavy atom. The molecular weight excluding hydrogens is 210 g/mol. The summed E-state index contributed by atoms with van der Waals surface area (Å²) in [4.78, 5) is 0. The topological polar surface area (TPSA) is 40.7 Å². The summed E-state index contributed by atoms with van der Waals surface area (Å²) in [7, 11) is 0. The highest BCUT2D eigenvalue weighted by molar-refractivity contribution is 5.62. The Balaban J connectivity index is 2.12. The summed E-state index contributed by atoms with van der Waals surface area (Å²) in [6.45, 7) is 5.26. The summed E-state index contributed by atoms with van der Waals surface area (Å²) in [5.41, 5.74) is 3.60. The van der Waals surface area contributed by atoms with E-state index in [1.807, 2.05) is 0 Å². The first-order valence-corrected chi connectivity index (χ1v) is 6.22. The summed E-state index contributed by atoms with van der Waals surface area (Å²) >= 11 is 0. The molecule has 0 saturated carbocycles. The van der Waals surface area contributed by atoms with Crippen LogP contribution >= 0.6 is 0 Å². The number of hydrogen-bond donors (Lipinski definition) is 2. The third-order valence-electron chi connectivity index (χ3n) is 2.81. The Kier molecular flexibility index (Phi) is 3.81. The molecule has 0 saturated heterocycles. The molecule has 2 N–H and O–H groups in total. The molecule has 3 nitrogen and oxygen atoms in total. The number of aromatic amines is 1. The van der Waals surface area contributed by atoms with Gasteiger partial charge in [0.1, 0.15) is 5.82 Å². The molecule has 17 heavy (non-hydrogen) atoms. The minimum atomic E-state index is 0.918. The van der Waals surface area contributed by atoms with E-state index in [9.17, 15) is 0 Å². The van der Waals surface area contributed by atoms with E-state index in [-0.39, 0.29) is 0 Å². The fourth-order valence-corrected chi connectivity index (χ4v) is 1.73. The molecule has 2 aromatic rings. The van der Waals surface area contributed by atoms with Gasteiger partial charge >= 0.3 is 0 Å². The molecule has 1 aromatic heterocycles. The smallest absolute Gasteiger partial charge is 0.148 e. The fourth-order valence-electron chi connectivity index (χ4n) is 1.73. The monoisotopic (exact) mass is 229 g/mol. The Labute approximate surface area is 102 Å². The van der Waals surface area contributed by atoms with Gasteiger partial charge in [0.15, 0.2) is 0 Å². The van der Waals surface area contributed by atoms with Crippen molar-refractivity contribution in [1.29, 1.82) is 0 Å². The molecule has 1 aromatic carbocycles. The normalized spacial score (nSPS) is 10.5. The van der Waals surface area contributed by atoms with E-state index in [4.69, 9.17) is 0 Å². The highest BCUT2D eigenvalue weighted by atomic mass is 15.2. The summed E-state index contributed by atoms with van der Waals surface area (Å²) in [6.07, 6.45) is 2.18. The van der Waals surface area contributed by atoms with Crippen LogP contribution in [0.1, 0.15) is 25.8 Å². The number of rotatable bonds is 5. The molecule has 3 heteroatoms. The van der Waals surface area contributed by atoms with Gasteiger partial charge in [-0.1, -0.05) is 38.1 Å². The Morgan fingerprint density at radius 1 is 1.18 bits per heavy atom. The zero-order valence-corrected chi connectivity index (χ0v) is 10.5. The number of aromatic nitrogens is 2. The zero-order valence-electron chi connectivity index (χ0n) is 10.5. The van der Waals surface area contributed by atoms with Crippen molar-refractivity contribution in [2.45, 2.75) is 26.7 Å². The Bertz CT molecular complexity index is 457. The molecule has 90 valence electrons. The molecule has 0 radical (unpaired) electrons. The standard InChI is InChI=1S/C14H19N3/c1-3-9-15-14-10-13(16-17-14)12-7-5-11(4-2)6-8-12/h5-8,10H,3-4,9H2,1-2H3,(H2,15,16,17). The first-order valence-electron chi connectivity index (χ1n) is 6.22. The quantitative estimate of drug-likeness (QED) is 0.824. The largest absolute Gasteiger partial charge is 0.369 e. The van der Waals surface area contributed by atoms with Crippen molar-refractivity contribution in [1.82, 2.24) is 10.2 Å². The van der Waals surface area contributed by atoms with Crippen LogP contribution in [0.2, 0.25) is 0 Å². The average molecular weight is 229 g/mol. The molecule has 1 heterocycles. The number of anilines is 1. The van der Waals surface area contributed by atoms with Gasteiger partial charge in [0, 0.05) is 12.6 Å². The van der Waals surface area contributed by atoms with Crippen LogP contribution in [0.5, 0.6) is 0 Å². The van der Waals surface area contributed by atoms with Crippen molar-refractivity contribution in [2.24, 2.45) is 0 Å². The Morgan fingerprint density at radius 3 is 2.59 bits per heavy atom. The second-order valence-corrected chi connectivity index (χ2v) is 4.14. The molecule has 2 rings (SSSR count). The van der Waals surface area contributed by atoms with Gasteiger partial charge in [-0.05, 0) is 24.0 Å². The minimum absolute atomic E-state index is 0.918. The fraction of sp³-hybridized carbons (Fsp3) is 0.357. The number of H-pyrrole nitrogens is 1.